The van der Waals surface area contributed by atoms with E-state index in [-0.39, 0.29) is 11.9 Å². The van der Waals surface area contributed by atoms with Crippen molar-refractivity contribution in [3.8, 4) is 0 Å². The smallest absolute Gasteiger partial charge is 0.336 e. The Morgan fingerprint density at radius 1 is 1.24 bits per heavy atom. The van der Waals surface area contributed by atoms with Crippen LogP contribution in [0.3, 0.4) is 0 Å². The molecular weight excluding hydrogens is 347 g/mol. The lowest BCUT2D eigenvalue weighted by Crippen LogP contribution is -2.43. The number of halogens is 4. The van der Waals surface area contributed by atoms with Crippen LogP contribution in [-0.4, -0.2) is 28.7 Å². The van der Waals surface area contributed by atoms with Crippen LogP contribution < -0.4 is 0 Å². The predicted octanol–water partition coefficient (Wildman–Crippen LogP) is 4.49. The Balaban J connectivity index is 2.14. The molecule has 1 saturated heterocycles. The van der Waals surface area contributed by atoms with Crippen molar-refractivity contribution in [3.05, 3.63) is 35.4 Å². The molecule has 0 aliphatic carbocycles. The first-order chi connectivity index (χ1) is 9.93. The van der Waals surface area contributed by atoms with Gasteiger partial charge >= 0.3 is 6.18 Å². The Labute approximate surface area is 130 Å². The minimum atomic E-state index is -4.37. The highest BCUT2D eigenvalue weighted by Gasteiger charge is 2.31. The summed E-state index contributed by atoms with van der Waals surface area (Å²) in [6.07, 6.45) is -0.505. The van der Waals surface area contributed by atoms with E-state index in [0.717, 1.165) is 43.1 Å². The Kier molecular flexibility index (Phi) is 5.30. The molecule has 1 unspecified atom stereocenters. The Bertz CT molecular complexity index is 485. The normalized spacial score (nSPS) is 19.6. The van der Waals surface area contributed by atoms with E-state index in [2.05, 4.69) is 15.9 Å². The lowest BCUT2D eigenvalue weighted by molar-refractivity contribution is -0.137. The summed E-state index contributed by atoms with van der Waals surface area (Å²) >= 11 is 3.39. The fourth-order valence-corrected chi connectivity index (χ4v) is 3.19. The van der Waals surface area contributed by atoms with Crippen LogP contribution in [0, 0.1) is 0 Å². The van der Waals surface area contributed by atoms with Crippen LogP contribution in [0.4, 0.5) is 13.2 Å². The van der Waals surface area contributed by atoms with Gasteiger partial charge in [-0.2, -0.15) is 13.2 Å². The molecule has 1 aliphatic heterocycles. The first-order valence-electron chi connectivity index (χ1n) is 6.97. The maximum Gasteiger partial charge on any atom is 0.416 e. The molecule has 6 heteroatoms. The van der Waals surface area contributed by atoms with Crippen LogP contribution in [0.2, 0.25) is 0 Å². The van der Waals surface area contributed by atoms with Crippen molar-refractivity contribution in [2.45, 2.75) is 37.9 Å². The monoisotopic (exact) mass is 363 g/mol. The third kappa shape index (κ3) is 3.99. The third-order valence-electron chi connectivity index (χ3n) is 3.79. The quantitative estimate of drug-likeness (QED) is 0.724. The van der Waals surface area contributed by atoms with Gasteiger partial charge in [0.1, 0.15) is 0 Å². The van der Waals surface area contributed by atoms with Crippen LogP contribution in [0.15, 0.2) is 24.3 Å². The standard InChI is InChI=1S/C15H17BrF3NO/c16-9-8-13-3-1-2-10-20(13)14(21)11-4-6-12(7-5-11)15(17,18)19/h4-7,13H,1-3,8-10H2. The highest BCUT2D eigenvalue weighted by atomic mass is 79.9. The van der Waals surface area contributed by atoms with Gasteiger partial charge in [0.15, 0.2) is 0 Å². The maximum absolute atomic E-state index is 12.5. The van der Waals surface area contributed by atoms with Crippen molar-refractivity contribution in [1.82, 2.24) is 4.90 Å². The third-order valence-corrected chi connectivity index (χ3v) is 4.25. The molecule has 1 fully saturated rings. The number of rotatable bonds is 3. The SMILES string of the molecule is O=C(c1ccc(C(F)(F)F)cc1)N1CCCCC1CCBr. The maximum atomic E-state index is 12.5. The Morgan fingerprint density at radius 3 is 2.48 bits per heavy atom. The van der Waals surface area contributed by atoms with E-state index >= 15 is 0 Å². The van der Waals surface area contributed by atoms with E-state index in [1.807, 2.05) is 0 Å². The van der Waals surface area contributed by atoms with E-state index in [9.17, 15) is 18.0 Å². The zero-order chi connectivity index (χ0) is 15.5. The highest BCUT2D eigenvalue weighted by molar-refractivity contribution is 9.09. The summed E-state index contributed by atoms with van der Waals surface area (Å²) in [7, 11) is 0. The van der Waals surface area contributed by atoms with Crippen molar-refractivity contribution < 1.29 is 18.0 Å². The first-order valence-corrected chi connectivity index (χ1v) is 8.10. The van der Waals surface area contributed by atoms with Gasteiger partial charge in [0, 0.05) is 23.5 Å². The second kappa shape index (κ2) is 6.81. The van der Waals surface area contributed by atoms with Crippen molar-refractivity contribution in [1.29, 1.82) is 0 Å². The first kappa shape index (κ1) is 16.3. The van der Waals surface area contributed by atoms with E-state index in [1.54, 1.807) is 4.90 Å². The number of hydrogen-bond donors (Lipinski definition) is 0. The average molecular weight is 364 g/mol. The van der Waals surface area contributed by atoms with Crippen LogP contribution in [0.1, 0.15) is 41.6 Å². The van der Waals surface area contributed by atoms with Crippen LogP contribution in [-0.2, 0) is 6.18 Å². The summed E-state index contributed by atoms with van der Waals surface area (Å²) < 4.78 is 37.6. The van der Waals surface area contributed by atoms with Gasteiger partial charge in [-0.15, -0.1) is 0 Å². The zero-order valence-corrected chi connectivity index (χ0v) is 13.1. The fourth-order valence-electron chi connectivity index (χ4n) is 2.66. The number of piperidine rings is 1. The van der Waals surface area contributed by atoms with Gasteiger partial charge in [-0.1, -0.05) is 15.9 Å². The Hall–Kier alpha value is -1.04. The number of likely N-dealkylation sites (tertiary alicyclic amines) is 1. The minimum absolute atomic E-state index is 0.172. The van der Waals surface area contributed by atoms with Crippen LogP contribution in [0.25, 0.3) is 0 Å². The van der Waals surface area contributed by atoms with Crippen molar-refractivity contribution >= 4 is 21.8 Å². The summed E-state index contributed by atoms with van der Waals surface area (Å²) in [6.45, 7) is 0.678. The molecule has 0 radical (unpaired) electrons. The summed E-state index contributed by atoms with van der Waals surface area (Å²) in [4.78, 5) is 14.3. The molecule has 0 bridgehead atoms. The Morgan fingerprint density at radius 2 is 1.90 bits per heavy atom. The lowest BCUT2D eigenvalue weighted by Gasteiger charge is -2.35. The second-order valence-corrected chi connectivity index (χ2v) is 5.99. The topological polar surface area (TPSA) is 20.3 Å². The van der Waals surface area contributed by atoms with Crippen LogP contribution >= 0.6 is 15.9 Å². The summed E-state index contributed by atoms with van der Waals surface area (Å²) in [6, 6.07) is 4.65. The van der Waals surface area contributed by atoms with Gasteiger partial charge in [-0.05, 0) is 49.9 Å². The van der Waals surface area contributed by atoms with Gasteiger partial charge < -0.3 is 4.90 Å². The van der Waals surface area contributed by atoms with Crippen molar-refractivity contribution in [2.24, 2.45) is 0 Å². The van der Waals surface area contributed by atoms with E-state index in [0.29, 0.717) is 12.1 Å². The van der Waals surface area contributed by atoms with Crippen molar-refractivity contribution in [2.75, 3.05) is 11.9 Å². The molecule has 1 amide bonds. The van der Waals surface area contributed by atoms with Gasteiger partial charge in [0.05, 0.1) is 5.56 Å². The van der Waals surface area contributed by atoms with Crippen molar-refractivity contribution in [3.63, 3.8) is 0 Å². The van der Waals surface area contributed by atoms with Gasteiger partial charge in [0.25, 0.3) is 5.91 Å². The predicted molar refractivity (Wildman–Crippen MR) is 78.5 cm³/mol. The molecule has 0 N–H and O–H groups in total. The van der Waals surface area contributed by atoms with Gasteiger partial charge in [0.2, 0.25) is 0 Å². The van der Waals surface area contributed by atoms with Gasteiger partial charge in [-0.25, -0.2) is 0 Å². The number of amides is 1. The summed E-state index contributed by atoms with van der Waals surface area (Å²) in [5, 5.41) is 0.814. The number of nitrogens with zero attached hydrogens (tertiary/aromatic N) is 1. The molecule has 1 aliphatic rings. The summed E-state index contributed by atoms with van der Waals surface area (Å²) in [5.41, 5.74) is -0.404. The minimum Gasteiger partial charge on any atom is -0.336 e. The molecule has 0 spiro atoms. The number of alkyl halides is 4. The average Bonchev–Trinajstić information content (AvgIpc) is 2.47. The largest absolute Gasteiger partial charge is 0.416 e. The van der Waals surface area contributed by atoms with Gasteiger partial charge in [-0.3, -0.25) is 4.79 Å². The second-order valence-electron chi connectivity index (χ2n) is 5.20. The number of benzene rings is 1. The number of carbonyl (C=O) groups excluding carboxylic acids is 1. The van der Waals surface area contributed by atoms with E-state index in [1.165, 1.54) is 12.1 Å². The zero-order valence-electron chi connectivity index (χ0n) is 11.5. The molecule has 0 aromatic heterocycles. The molecule has 1 atom stereocenters. The molecule has 2 nitrogen and oxygen atoms in total. The number of carbonyl (C=O) groups is 1. The fraction of sp³-hybridized carbons (Fsp3) is 0.533. The molecule has 116 valence electrons. The molecule has 1 aromatic carbocycles. The number of hydrogen-bond acceptors (Lipinski definition) is 1. The van der Waals surface area contributed by atoms with E-state index < -0.39 is 11.7 Å². The van der Waals surface area contributed by atoms with E-state index in [4.69, 9.17) is 0 Å². The molecular formula is C15H17BrF3NO. The molecule has 1 aromatic rings. The summed E-state index contributed by atoms with van der Waals surface area (Å²) in [5.74, 6) is -0.172. The molecule has 21 heavy (non-hydrogen) atoms. The molecule has 1 heterocycles. The highest BCUT2D eigenvalue weighted by Crippen LogP contribution is 2.29. The lowest BCUT2D eigenvalue weighted by atomic mass is 9.98. The molecule has 2 rings (SSSR count). The molecule has 0 saturated carbocycles. The van der Waals surface area contributed by atoms with Crippen LogP contribution in [0.5, 0.6) is 0 Å².